The van der Waals surface area contributed by atoms with E-state index in [2.05, 4.69) is 4.74 Å². The lowest BCUT2D eigenvalue weighted by Crippen LogP contribution is -2.34. The average Bonchev–Trinajstić information content (AvgIpc) is 2.45. The van der Waals surface area contributed by atoms with E-state index in [0.717, 1.165) is 5.69 Å². The van der Waals surface area contributed by atoms with Crippen LogP contribution < -0.4 is 10.2 Å². The second-order valence-corrected chi connectivity index (χ2v) is 4.29. The Bertz CT molecular complexity index is 511. The fraction of sp³-hybridized carbons (Fsp3) is 0.357. The van der Waals surface area contributed by atoms with Crippen LogP contribution in [0.1, 0.15) is 17.3 Å². The minimum Gasteiger partial charge on any atom is -0.452 e. The van der Waals surface area contributed by atoms with E-state index >= 15 is 0 Å². The molecule has 1 N–H and O–H groups in total. The number of carbonyl (C=O) groups excluding carboxylic acids is 3. The van der Waals surface area contributed by atoms with Crippen molar-refractivity contribution in [3.05, 3.63) is 29.8 Å². The summed E-state index contributed by atoms with van der Waals surface area (Å²) in [6.45, 7) is 1.21. The highest BCUT2D eigenvalue weighted by molar-refractivity contribution is 5.95. The van der Waals surface area contributed by atoms with Gasteiger partial charge in [-0.3, -0.25) is 10.1 Å². The molecule has 7 nitrogen and oxygen atoms in total. The molecule has 0 saturated carbocycles. The van der Waals surface area contributed by atoms with Gasteiger partial charge in [-0.15, -0.1) is 0 Å². The number of esters is 1. The van der Waals surface area contributed by atoms with Crippen molar-refractivity contribution in [2.45, 2.75) is 6.92 Å². The van der Waals surface area contributed by atoms with Crippen molar-refractivity contribution in [3.8, 4) is 0 Å². The third-order valence-corrected chi connectivity index (χ3v) is 2.47. The summed E-state index contributed by atoms with van der Waals surface area (Å²) in [5, 5.41) is 1.93. The Hall–Kier alpha value is -2.57. The number of rotatable bonds is 5. The normalized spacial score (nSPS) is 9.67. The molecule has 0 bridgehead atoms. The number of anilines is 1. The summed E-state index contributed by atoms with van der Waals surface area (Å²) in [5.74, 6) is -1.38. The predicted molar refractivity (Wildman–Crippen MR) is 76.2 cm³/mol. The lowest BCUT2D eigenvalue weighted by Gasteiger charge is -2.12. The van der Waals surface area contributed by atoms with E-state index in [9.17, 15) is 14.4 Å². The predicted octanol–water partition coefficient (Wildman–Crippen LogP) is 1.18. The summed E-state index contributed by atoms with van der Waals surface area (Å²) in [6.07, 6.45) is -0.867. The van der Waals surface area contributed by atoms with Crippen LogP contribution in [0.25, 0.3) is 0 Å². The van der Waals surface area contributed by atoms with Gasteiger partial charge in [0.25, 0.3) is 5.91 Å². The highest BCUT2D eigenvalue weighted by Gasteiger charge is 2.12. The summed E-state index contributed by atoms with van der Waals surface area (Å²) >= 11 is 0. The van der Waals surface area contributed by atoms with Crippen molar-refractivity contribution in [3.63, 3.8) is 0 Å². The smallest absolute Gasteiger partial charge is 0.413 e. The van der Waals surface area contributed by atoms with Crippen molar-refractivity contribution in [2.24, 2.45) is 0 Å². The molecule has 0 aliphatic heterocycles. The lowest BCUT2D eigenvalue weighted by atomic mass is 10.2. The van der Waals surface area contributed by atoms with Gasteiger partial charge in [-0.25, -0.2) is 9.59 Å². The van der Waals surface area contributed by atoms with Crippen LogP contribution in [-0.2, 0) is 14.3 Å². The first-order valence-corrected chi connectivity index (χ1v) is 6.35. The highest BCUT2D eigenvalue weighted by Crippen LogP contribution is 2.12. The molecule has 0 aliphatic carbocycles. The van der Waals surface area contributed by atoms with Gasteiger partial charge in [0.15, 0.2) is 6.61 Å². The maximum atomic E-state index is 11.7. The minimum absolute atomic E-state index is 0.150. The number of imide groups is 1. The van der Waals surface area contributed by atoms with Crippen LogP contribution in [0.2, 0.25) is 0 Å². The summed E-state index contributed by atoms with van der Waals surface area (Å²) in [5.41, 5.74) is 1.26. The van der Waals surface area contributed by atoms with E-state index < -0.39 is 24.6 Å². The Morgan fingerprint density at radius 3 is 2.24 bits per heavy atom. The molecule has 0 aromatic heterocycles. The highest BCUT2D eigenvalue weighted by atomic mass is 16.6. The third kappa shape index (κ3) is 5.52. The van der Waals surface area contributed by atoms with Crippen molar-refractivity contribution in [1.29, 1.82) is 0 Å². The zero-order valence-corrected chi connectivity index (χ0v) is 12.2. The Balaban J connectivity index is 2.46. The second kappa shape index (κ2) is 7.88. The zero-order chi connectivity index (χ0) is 15.8. The van der Waals surface area contributed by atoms with E-state index in [1.807, 2.05) is 24.3 Å². The molecule has 0 unspecified atom stereocenters. The molecule has 0 radical (unpaired) electrons. The Morgan fingerprint density at radius 1 is 1.10 bits per heavy atom. The van der Waals surface area contributed by atoms with E-state index in [0.29, 0.717) is 5.56 Å². The molecule has 0 spiro atoms. The van der Waals surface area contributed by atoms with Gasteiger partial charge < -0.3 is 14.4 Å². The topological polar surface area (TPSA) is 84.9 Å². The lowest BCUT2D eigenvalue weighted by molar-refractivity contribution is -0.123. The molecule has 1 aromatic rings. The number of nitrogens with one attached hydrogen (secondary N) is 1. The number of alkyl carbamates (subject to hydrolysis) is 1. The van der Waals surface area contributed by atoms with Gasteiger partial charge in [-0.1, -0.05) is 0 Å². The monoisotopic (exact) mass is 294 g/mol. The van der Waals surface area contributed by atoms with Crippen LogP contribution in [0.5, 0.6) is 0 Å². The molecule has 0 saturated heterocycles. The first-order chi connectivity index (χ1) is 9.93. The molecular formula is C14H18N2O5. The van der Waals surface area contributed by atoms with E-state index in [1.165, 1.54) is 0 Å². The number of amides is 2. The minimum atomic E-state index is -0.867. The number of hydrogen-bond acceptors (Lipinski definition) is 6. The van der Waals surface area contributed by atoms with Crippen LogP contribution in [0.15, 0.2) is 24.3 Å². The van der Waals surface area contributed by atoms with Crippen molar-refractivity contribution in [2.75, 3.05) is 32.2 Å². The number of nitrogens with zero attached hydrogens (tertiary/aromatic N) is 1. The molecule has 1 rings (SSSR count). The Kier molecular flexibility index (Phi) is 6.19. The van der Waals surface area contributed by atoms with Crippen LogP contribution in [0, 0.1) is 0 Å². The maximum absolute atomic E-state index is 11.7. The van der Waals surface area contributed by atoms with Crippen molar-refractivity contribution in [1.82, 2.24) is 5.32 Å². The standard InChI is InChI=1S/C14H18N2O5/c1-4-20-14(19)15-12(17)9-21-13(18)10-5-7-11(8-6-10)16(2)3/h5-8H,4,9H2,1-3H3,(H,15,17,19). The molecular weight excluding hydrogens is 276 g/mol. The van der Waals surface area contributed by atoms with Gasteiger partial charge in [0, 0.05) is 19.8 Å². The van der Waals surface area contributed by atoms with Gasteiger partial charge in [-0.2, -0.15) is 0 Å². The Morgan fingerprint density at radius 2 is 1.71 bits per heavy atom. The van der Waals surface area contributed by atoms with Crippen molar-refractivity contribution >= 4 is 23.7 Å². The van der Waals surface area contributed by atoms with Gasteiger partial charge in [0.2, 0.25) is 0 Å². The molecule has 21 heavy (non-hydrogen) atoms. The second-order valence-electron chi connectivity index (χ2n) is 4.29. The first-order valence-electron chi connectivity index (χ1n) is 6.35. The average molecular weight is 294 g/mol. The van der Waals surface area contributed by atoms with E-state index in [1.54, 1.807) is 31.2 Å². The third-order valence-electron chi connectivity index (χ3n) is 2.47. The van der Waals surface area contributed by atoms with E-state index in [-0.39, 0.29) is 6.61 Å². The fourth-order valence-electron chi connectivity index (χ4n) is 1.43. The molecule has 0 fully saturated rings. The molecule has 1 aromatic carbocycles. The van der Waals surface area contributed by atoms with E-state index in [4.69, 9.17) is 4.74 Å². The number of hydrogen-bond donors (Lipinski definition) is 1. The first kappa shape index (κ1) is 16.5. The molecule has 0 aliphatic rings. The number of ether oxygens (including phenoxy) is 2. The summed E-state index contributed by atoms with van der Waals surface area (Å²) in [4.78, 5) is 35.9. The number of benzene rings is 1. The molecule has 2 amide bonds. The quantitative estimate of drug-likeness (QED) is 0.821. The van der Waals surface area contributed by atoms with Gasteiger partial charge in [0.05, 0.1) is 12.2 Å². The maximum Gasteiger partial charge on any atom is 0.413 e. The number of carbonyl (C=O) groups is 3. The molecule has 0 atom stereocenters. The van der Waals surface area contributed by atoms with Crippen LogP contribution in [0.3, 0.4) is 0 Å². The SMILES string of the molecule is CCOC(=O)NC(=O)COC(=O)c1ccc(N(C)C)cc1. The fourth-order valence-corrected chi connectivity index (χ4v) is 1.43. The molecule has 7 heteroatoms. The van der Waals surface area contributed by atoms with Crippen LogP contribution in [0.4, 0.5) is 10.5 Å². The molecule has 0 heterocycles. The summed E-state index contributed by atoms with van der Waals surface area (Å²) in [6, 6.07) is 6.71. The Labute approximate surface area is 122 Å². The summed E-state index contributed by atoms with van der Waals surface area (Å²) in [7, 11) is 3.76. The largest absolute Gasteiger partial charge is 0.452 e. The van der Waals surface area contributed by atoms with Gasteiger partial charge >= 0.3 is 12.1 Å². The van der Waals surface area contributed by atoms with Crippen molar-refractivity contribution < 1.29 is 23.9 Å². The van der Waals surface area contributed by atoms with Crippen LogP contribution >= 0.6 is 0 Å². The van der Waals surface area contributed by atoms with Crippen LogP contribution in [-0.4, -0.2) is 45.3 Å². The summed E-state index contributed by atoms with van der Waals surface area (Å²) < 4.78 is 9.32. The molecule has 114 valence electrons. The van der Waals surface area contributed by atoms with Gasteiger partial charge in [-0.05, 0) is 31.2 Å². The van der Waals surface area contributed by atoms with Gasteiger partial charge in [0.1, 0.15) is 0 Å². The zero-order valence-electron chi connectivity index (χ0n) is 12.2.